The Morgan fingerprint density at radius 2 is 0.863 bits per heavy atom. The van der Waals surface area contributed by atoms with E-state index in [2.05, 4.69) is 157 Å². The van der Waals surface area contributed by atoms with Crippen molar-refractivity contribution in [2.24, 2.45) is 0 Å². The van der Waals surface area contributed by atoms with Crippen molar-refractivity contribution < 1.29 is 9.84 Å². The Morgan fingerprint density at radius 1 is 0.471 bits per heavy atom. The molecule has 0 bridgehead atoms. The maximum atomic E-state index is 9.33. The number of ether oxygens (including phenoxy) is 1. The fraction of sp³-hybridized carbons (Fsp3) is 0.0417. The second kappa shape index (κ2) is 15.9. The van der Waals surface area contributed by atoms with Crippen LogP contribution in [-0.2, 0) is 6.61 Å². The molecular formula is C48H39NO2. The van der Waals surface area contributed by atoms with Gasteiger partial charge < -0.3 is 15.2 Å². The summed E-state index contributed by atoms with van der Waals surface area (Å²) >= 11 is 0. The van der Waals surface area contributed by atoms with Gasteiger partial charge in [-0.25, -0.2) is 0 Å². The number of aliphatic hydroxyl groups is 1. The summed E-state index contributed by atoms with van der Waals surface area (Å²) in [4.78, 5) is 0. The fourth-order valence-electron chi connectivity index (χ4n) is 6.14. The van der Waals surface area contributed by atoms with Gasteiger partial charge in [0.15, 0.2) is 0 Å². The van der Waals surface area contributed by atoms with E-state index in [9.17, 15) is 5.11 Å². The molecule has 0 radical (unpaired) electrons. The van der Waals surface area contributed by atoms with E-state index in [4.69, 9.17) is 4.74 Å². The summed E-state index contributed by atoms with van der Waals surface area (Å²) in [5.41, 5.74) is 14.4. The number of rotatable bonds is 11. The van der Waals surface area contributed by atoms with Crippen LogP contribution in [0.3, 0.4) is 0 Å². The van der Waals surface area contributed by atoms with Gasteiger partial charge in [0, 0.05) is 11.4 Å². The molecule has 248 valence electrons. The molecule has 0 saturated carbocycles. The highest BCUT2D eigenvalue weighted by molar-refractivity contribution is 5.93. The largest absolute Gasteiger partial charge is 0.497 e. The summed E-state index contributed by atoms with van der Waals surface area (Å²) in [5.74, 6) is 0.845. The zero-order valence-corrected chi connectivity index (χ0v) is 28.5. The highest BCUT2D eigenvalue weighted by atomic mass is 16.5. The van der Waals surface area contributed by atoms with Crippen molar-refractivity contribution in [1.82, 2.24) is 0 Å². The molecule has 0 heterocycles. The van der Waals surface area contributed by atoms with Gasteiger partial charge in [-0.05, 0) is 110 Å². The van der Waals surface area contributed by atoms with Crippen molar-refractivity contribution in [2.75, 3.05) is 12.4 Å². The zero-order chi connectivity index (χ0) is 34.8. The Hall–Kier alpha value is -6.42. The van der Waals surface area contributed by atoms with Gasteiger partial charge in [-0.15, -0.1) is 0 Å². The smallest absolute Gasteiger partial charge is 0.118 e. The van der Waals surface area contributed by atoms with Crippen LogP contribution in [0.2, 0.25) is 0 Å². The van der Waals surface area contributed by atoms with Crippen molar-refractivity contribution in [3.8, 4) is 16.9 Å². The van der Waals surface area contributed by atoms with Crippen molar-refractivity contribution in [1.29, 1.82) is 0 Å². The van der Waals surface area contributed by atoms with Crippen LogP contribution in [0.25, 0.3) is 34.4 Å². The Kier molecular flexibility index (Phi) is 10.3. The standard InChI is InChI=1S/C48H39NO2/c1-51-46-30-24-43(25-31-46)48(41-10-6-3-7-11-41)32-35-12-18-38(19-13-35)39-20-22-42(23-21-39)47(40-8-4-2-5-9-40)33-36-14-26-44(27-15-36)49-45-28-16-37(34-50)17-29-45/h2-33,49-50H,34H2,1H3. The quantitative estimate of drug-likeness (QED) is 0.136. The first-order valence-electron chi connectivity index (χ1n) is 17.1. The molecule has 0 saturated heterocycles. The lowest BCUT2D eigenvalue weighted by molar-refractivity contribution is 0.282. The molecule has 0 amide bonds. The molecule has 3 heteroatoms. The van der Waals surface area contributed by atoms with E-state index in [0.29, 0.717) is 0 Å². The number of hydrogen-bond acceptors (Lipinski definition) is 3. The second-order valence-electron chi connectivity index (χ2n) is 12.4. The van der Waals surface area contributed by atoms with E-state index in [-0.39, 0.29) is 6.61 Å². The summed E-state index contributed by atoms with van der Waals surface area (Å²) < 4.78 is 5.39. The first-order chi connectivity index (χ1) is 25.1. The summed E-state index contributed by atoms with van der Waals surface area (Å²) in [6, 6.07) is 63.2. The predicted octanol–water partition coefficient (Wildman–Crippen LogP) is 11.8. The van der Waals surface area contributed by atoms with Gasteiger partial charge in [0.1, 0.15) is 5.75 Å². The van der Waals surface area contributed by atoms with Crippen LogP contribution in [0, 0.1) is 0 Å². The summed E-state index contributed by atoms with van der Waals surface area (Å²) in [6.45, 7) is 0.0433. The van der Waals surface area contributed by atoms with E-state index in [1.165, 1.54) is 22.3 Å². The van der Waals surface area contributed by atoms with E-state index in [1.807, 2.05) is 42.5 Å². The number of anilines is 2. The molecule has 2 N–H and O–H groups in total. The average molecular weight is 662 g/mol. The molecule has 0 aromatic heterocycles. The Labute approximate surface area is 300 Å². The third-order valence-corrected chi connectivity index (χ3v) is 8.97. The van der Waals surface area contributed by atoms with Gasteiger partial charge >= 0.3 is 0 Å². The van der Waals surface area contributed by atoms with E-state index < -0.39 is 0 Å². The molecule has 0 aliphatic carbocycles. The maximum absolute atomic E-state index is 9.33. The maximum Gasteiger partial charge on any atom is 0.118 e. The van der Waals surface area contributed by atoms with E-state index >= 15 is 0 Å². The van der Waals surface area contributed by atoms with Crippen molar-refractivity contribution in [2.45, 2.75) is 6.61 Å². The first kappa shape index (κ1) is 33.1. The monoisotopic (exact) mass is 661 g/mol. The molecule has 0 spiro atoms. The molecule has 7 rings (SSSR count). The SMILES string of the molecule is COc1ccc(C(=Cc2ccc(-c3ccc(C(=Cc4ccc(Nc5ccc(CO)cc5)cc4)c4ccccc4)cc3)cc2)c2ccccc2)cc1. The molecule has 0 aliphatic rings. The fourth-order valence-corrected chi connectivity index (χ4v) is 6.14. The van der Waals surface area contributed by atoms with Crippen LogP contribution in [0.4, 0.5) is 11.4 Å². The van der Waals surface area contributed by atoms with Crippen molar-refractivity contribution in [3.63, 3.8) is 0 Å². The zero-order valence-electron chi connectivity index (χ0n) is 28.5. The van der Waals surface area contributed by atoms with Gasteiger partial charge in [0.2, 0.25) is 0 Å². The molecule has 0 aliphatic heterocycles. The number of methoxy groups -OCH3 is 1. The highest BCUT2D eigenvalue weighted by Gasteiger charge is 2.09. The minimum Gasteiger partial charge on any atom is -0.497 e. The molecular weight excluding hydrogens is 623 g/mol. The van der Waals surface area contributed by atoms with Gasteiger partial charge in [-0.2, -0.15) is 0 Å². The van der Waals surface area contributed by atoms with E-state index in [0.717, 1.165) is 56.1 Å². The minimum atomic E-state index is 0.0433. The highest BCUT2D eigenvalue weighted by Crippen LogP contribution is 2.31. The number of hydrogen-bond donors (Lipinski definition) is 2. The van der Waals surface area contributed by atoms with Crippen LogP contribution < -0.4 is 10.1 Å². The molecule has 0 unspecified atom stereocenters. The Morgan fingerprint density at radius 3 is 1.31 bits per heavy atom. The van der Waals surface area contributed by atoms with Crippen LogP contribution in [0.5, 0.6) is 5.75 Å². The van der Waals surface area contributed by atoms with Gasteiger partial charge in [-0.1, -0.05) is 146 Å². The Balaban J connectivity index is 1.12. The lowest BCUT2D eigenvalue weighted by Crippen LogP contribution is -1.92. The van der Waals surface area contributed by atoms with Crippen molar-refractivity contribution in [3.05, 3.63) is 221 Å². The molecule has 7 aromatic carbocycles. The van der Waals surface area contributed by atoms with Crippen LogP contribution in [0.15, 0.2) is 182 Å². The molecule has 0 fully saturated rings. The third kappa shape index (κ3) is 8.25. The predicted molar refractivity (Wildman–Crippen MR) is 214 cm³/mol. The first-order valence-corrected chi connectivity index (χ1v) is 17.1. The Bertz CT molecular complexity index is 2220. The summed E-state index contributed by atoms with van der Waals surface area (Å²) in [5, 5.41) is 12.8. The summed E-state index contributed by atoms with van der Waals surface area (Å²) in [6.07, 6.45) is 4.50. The lowest BCUT2D eigenvalue weighted by Gasteiger charge is -2.12. The van der Waals surface area contributed by atoms with Gasteiger partial charge in [0.05, 0.1) is 13.7 Å². The third-order valence-electron chi connectivity index (χ3n) is 8.97. The molecule has 3 nitrogen and oxygen atoms in total. The van der Waals surface area contributed by atoms with Gasteiger partial charge in [0.25, 0.3) is 0 Å². The minimum absolute atomic E-state index is 0.0433. The summed E-state index contributed by atoms with van der Waals surface area (Å²) in [7, 11) is 1.69. The number of nitrogens with one attached hydrogen (secondary N) is 1. The van der Waals surface area contributed by atoms with Crippen LogP contribution in [-0.4, -0.2) is 12.2 Å². The molecule has 51 heavy (non-hydrogen) atoms. The average Bonchev–Trinajstić information content (AvgIpc) is 3.21. The normalized spacial score (nSPS) is 11.6. The second-order valence-corrected chi connectivity index (χ2v) is 12.4. The van der Waals surface area contributed by atoms with Crippen LogP contribution >= 0.6 is 0 Å². The number of aliphatic hydroxyl groups excluding tert-OH is 1. The number of benzene rings is 7. The molecule has 7 aromatic rings. The van der Waals surface area contributed by atoms with Crippen LogP contribution in [0.1, 0.15) is 38.9 Å². The molecule has 0 atom stereocenters. The lowest BCUT2D eigenvalue weighted by atomic mass is 9.93. The van der Waals surface area contributed by atoms with Gasteiger partial charge in [-0.3, -0.25) is 0 Å². The van der Waals surface area contributed by atoms with Crippen molar-refractivity contribution >= 4 is 34.7 Å². The van der Waals surface area contributed by atoms with E-state index in [1.54, 1.807) is 7.11 Å². The topological polar surface area (TPSA) is 41.5 Å².